The van der Waals surface area contributed by atoms with E-state index in [-0.39, 0.29) is 0 Å². The van der Waals surface area contributed by atoms with E-state index in [1.165, 1.54) is 23.8 Å². The van der Waals surface area contributed by atoms with Gasteiger partial charge in [-0.25, -0.2) is 0 Å². The lowest BCUT2D eigenvalue weighted by molar-refractivity contribution is 0.338. The summed E-state index contributed by atoms with van der Waals surface area (Å²) in [7, 11) is 2.22. The number of likely N-dealkylation sites (tertiary alicyclic amines) is 1. The third kappa shape index (κ3) is 1.35. The van der Waals surface area contributed by atoms with E-state index in [1.54, 1.807) is 0 Å². The summed E-state index contributed by atoms with van der Waals surface area (Å²) in [5.74, 6) is 0. The number of hydrogen-bond acceptors (Lipinski definition) is 1. The zero-order valence-electron chi connectivity index (χ0n) is 5.23. The molecule has 0 amide bonds. The molecule has 0 aliphatic carbocycles. The summed E-state index contributed by atoms with van der Waals surface area (Å²) in [6.07, 6.45) is 2.82. The second-order valence-corrected chi connectivity index (χ2v) is 3.31. The summed E-state index contributed by atoms with van der Waals surface area (Å²) in [6.45, 7) is 1.31. The molecular formula is C6H12IN. The van der Waals surface area contributed by atoms with Gasteiger partial charge in [-0.1, -0.05) is 22.6 Å². The van der Waals surface area contributed by atoms with Crippen molar-refractivity contribution >= 4 is 22.6 Å². The molecule has 1 aliphatic heterocycles. The summed E-state index contributed by atoms with van der Waals surface area (Å²) >= 11 is 2.46. The molecule has 1 fully saturated rings. The fraction of sp³-hybridized carbons (Fsp3) is 1.00. The Bertz CT molecular complexity index is 74.9. The number of alkyl halides is 1. The molecule has 0 aromatic carbocycles. The highest BCUT2D eigenvalue weighted by atomic mass is 127. The van der Waals surface area contributed by atoms with Crippen LogP contribution in [0.3, 0.4) is 0 Å². The van der Waals surface area contributed by atoms with Crippen LogP contribution < -0.4 is 0 Å². The molecule has 1 atom stereocenters. The highest BCUT2D eigenvalue weighted by molar-refractivity contribution is 14.1. The van der Waals surface area contributed by atoms with Crippen LogP contribution in [-0.4, -0.2) is 29.0 Å². The van der Waals surface area contributed by atoms with Gasteiger partial charge in [-0.2, -0.15) is 0 Å². The standard InChI is InChI=1S/C6H12IN/c1-8-4-2-3-6(8)5-7/h6H,2-5H2,1H3. The van der Waals surface area contributed by atoms with Gasteiger partial charge in [-0.3, -0.25) is 0 Å². The van der Waals surface area contributed by atoms with Gasteiger partial charge in [0.1, 0.15) is 0 Å². The van der Waals surface area contributed by atoms with Crippen LogP contribution >= 0.6 is 22.6 Å². The molecule has 1 saturated heterocycles. The number of halogens is 1. The molecule has 0 N–H and O–H groups in total. The largest absolute Gasteiger partial charge is 0.303 e. The monoisotopic (exact) mass is 225 g/mol. The zero-order chi connectivity index (χ0) is 5.98. The van der Waals surface area contributed by atoms with Crippen LogP contribution in [0.5, 0.6) is 0 Å². The van der Waals surface area contributed by atoms with Crippen LogP contribution in [0.25, 0.3) is 0 Å². The Morgan fingerprint density at radius 1 is 1.75 bits per heavy atom. The first-order valence-corrected chi connectivity index (χ1v) is 4.63. The Morgan fingerprint density at radius 3 is 2.75 bits per heavy atom. The normalized spacial score (nSPS) is 31.5. The topological polar surface area (TPSA) is 3.24 Å². The Hall–Kier alpha value is 0.690. The van der Waals surface area contributed by atoms with E-state index < -0.39 is 0 Å². The lowest BCUT2D eigenvalue weighted by Gasteiger charge is -2.15. The molecule has 0 aromatic heterocycles. The zero-order valence-corrected chi connectivity index (χ0v) is 7.39. The fourth-order valence-corrected chi connectivity index (χ4v) is 2.29. The number of nitrogens with zero attached hydrogens (tertiary/aromatic N) is 1. The van der Waals surface area contributed by atoms with Gasteiger partial charge in [-0.05, 0) is 26.4 Å². The first-order chi connectivity index (χ1) is 3.84. The van der Waals surface area contributed by atoms with Crippen molar-refractivity contribution in [2.24, 2.45) is 0 Å². The average molecular weight is 225 g/mol. The lowest BCUT2D eigenvalue weighted by atomic mass is 10.2. The van der Waals surface area contributed by atoms with Crippen molar-refractivity contribution in [3.8, 4) is 0 Å². The Morgan fingerprint density at radius 2 is 2.50 bits per heavy atom. The Balaban J connectivity index is 2.30. The van der Waals surface area contributed by atoms with E-state index in [9.17, 15) is 0 Å². The predicted octanol–water partition coefficient (Wildman–Crippen LogP) is 1.52. The molecule has 1 nitrogen and oxygen atoms in total. The molecule has 1 heterocycles. The van der Waals surface area contributed by atoms with E-state index in [1.807, 2.05) is 0 Å². The van der Waals surface area contributed by atoms with Gasteiger partial charge >= 0.3 is 0 Å². The van der Waals surface area contributed by atoms with Crippen molar-refractivity contribution in [1.82, 2.24) is 4.90 Å². The molecule has 48 valence electrons. The molecule has 0 bridgehead atoms. The van der Waals surface area contributed by atoms with Crippen LogP contribution in [0.1, 0.15) is 12.8 Å². The number of hydrogen-bond donors (Lipinski definition) is 0. The average Bonchev–Trinajstić information content (AvgIpc) is 2.14. The highest BCUT2D eigenvalue weighted by Crippen LogP contribution is 2.15. The second kappa shape index (κ2) is 3.01. The maximum absolute atomic E-state index is 2.46. The van der Waals surface area contributed by atoms with Gasteiger partial charge < -0.3 is 4.90 Å². The molecule has 1 aliphatic rings. The van der Waals surface area contributed by atoms with Crippen molar-refractivity contribution in [2.45, 2.75) is 18.9 Å². The summed E-state index contributed by atoms with van der Waals surface area (Å²) in [4.78, 5) is 2.45. The van der Waals surface area contributed by atoms with Crippen molar-refractivity contribution in [1.29, 1.82) is 0 Å². The SMILES string of the molecule is CN1CCCC1CI. The molecule has 0 spiro atoms. The van der Waals surface area contributed by atoms with Crippen molar-refractivity contribution in [3.05, 3.63) is 0 Å². The minimum Gasteiger partial charge on any atom is -0.303 e. The smallest absolute Gasteiger partial charge is 0.0182 e. The van der Waals surface area contributed by atoms with E-state index in [2.05, 4.69) is 34.5 Å². The van der Waals surface area contributed by atoms with Crippen LogP contribution in [-0.2, 0) is 0 Å². The minimum absolute atomic E-state index is 0.885. The third-order valence-electron chi connectivity index (χ3n) is 1.85. The molecule has 1 rings (SSSR count). The molecule has 8 heavy (non-hydrogen) atoms. The van der Waals surface area contributed by atoms with E-state index >= 15 is 0 Å². The molecule has 1 unspecified atom stereocenters. The summed E-state index contributed by atoms with van der Waals surface area (Å²) in [5, 5.41) is 0. The number of rotatable bonds is 1. The van der Waals surface area contributed by atoms with Crippen LogP contribution in [0, 0.1) is 0 Å². The van der Waals surface area contributed by atoms with E-state index in [0.29, 0.717) is 0 Å². The fourth-order valence-electron chi connectivity index (χ4n) is 1.17. The van der Waals surface area contributed by atoms with Gasteiger partial charge in [0.15, 0.2) is 0 Å². The van der Waals surface area contributed by atoms with Crippen molar-refractivity contribution in [2.75, 3.05) is 18.0 Å². The predicted molar refractivity (Wildman–Crippen MR) is 44.5 cm³/mol. The molecule has 2 heteroatoms. The van der Waals surface area contributed by atoms with Crippen molar-refractivity contribution < 1.29 is 0 Å². The van der Waals surface area contributed by atoms with E-state index in [0.717, 1.165) is 6.04 Å². The lowest BCUT2D eigenvalue weighted by Crippen LogP contribution is -2.25. The van der Waals surface area contributed by atoms with Gasteiger partial charge in [0.2, 0.25) is 0 Å². The van der Waals surface area contributed by atoms with E-state index in [4.69, 9.17) is 0 Å². The summed E-state index contributed by atoms with van der Waals surface area (Å²) < 4.78 is 1.30. The maximum atomic E-state index is 2.46. The molecule has 0 aromatic rings. The minimum atomic E-state index is 0.885. The van der Waals surface area contributed by atoms with Gasteiger partial charge in [0, 0.05) is 10.5 Å². The second-order valence-electron chi connectivity index (χ2n) is 2.43. The first-order valence-electron chi connectivity index (χ1n) is 3.11. The molecule has 0 radical (unpaired) electrons. The third-order valence-corrected chi connectivity index (χ3v) is 2.87. The quantitative estimate of drug-likeness (QED) is 0.483. The van der Waals surface area contributed by atoms with Crippen molar-refractivity contribution in [3.63, 3.8) is 0 Å². The van der Waals surface area contributed by atoms with Crippen LogP contribution in [0.2, 0.25) is 0 Å². The van der Waals surface area contributed by atoms with Gasteiger partial charge in [-0.15, -0.1) is 0 Å². The summed E-state index contributed by atoms with van der Waals surface area (Å²) in [6, 6.07) is 0.885. The highest BCUT2D eigenvalue weighted by Gasteiger charge is 2.18. The first kappa shape index (κ1) is 6.81. The van der Waals surface area contributed by atoms with Gasteiger partial charge in [0.05, 0.1) is 0 Å². The Labute approximate surface area is 64.6 Å². The van der Waals surface area contributed by atoms with Crippen LogP contribution in [0.15, 0.2) is 0 Å². The Kier molecular flexibility index (Phi) is 2.56. The van der Waals surface area contributed by atoms with Gasteiger partial charge in [0.25, 0.3) is 0 Å². The van der Waals surface area contributed by atoms with Crippen LogP contribution in [0.4, 0.5) is 0 Å². The molecule has 0 saturated carbocycles. The molecular weight excluding hydrogens is 213 g/mol. The summed E-state index contributed by atoms with van der Waals surface area (Å²) in [5.41, 5.74) is 0. The maximum Gasteiger partial charge on any atom is 0.0182 e.